The minimum atomic E-state index is 0.900. The molecule has 0 amide bonds. The van der Waals surface area contributed by atoms with Gasteiger partial charge in [0.2, 0.25) is 0 Å². The minimum absolute atomic E-state index is 0.900. The number of hydrogen-bond acceptors (Lipinski definition) is 2. The summed E-state index contributed by atoms with van der Waals surface area (Å²) in [7, 11) is 0. The van der Waals surface area contributed by atoms with Crippen molar-refractivity contribution >= 4 is 49.8 Å². The van der Waals surface area contributed by atoms with Crippen LogP contribution in [0.4, 0.5) is 17.1 Å². The molecule has 49 heavy (non-hydrogen) atoms. The highest BCUT2D eigenvalue weighted by Gasteiger charge is 2.25. The van der Waals surface area contributed by atoms with E-state index in [1.165, 1.54) is 44.5 Å². The Labute approximate surface area is 285 Å². The molecule has 0 N–H and O–H groups in total. The Balaban J connectivity index is 1.06. The molecule has 9 aromatic rings. The number of anilines is 3. The summed E-state index contributed by atoms with van der Waals surface area (Å²) < 4.78 is 6.66. The maximum atomic E-state index is 6.66. The molecule has 0 unspecified atom stereocenters. The second-order valence-corrected chi connectivity index (χ2v) is 12.9. The molecule has 1 aliphatic rings. The second-order valence-electron chi connectivity index (χ2n) is 12.9. The Bertz CT molecular complexity index is 2670. The van der Waals surface area contributed by atoms with Gasteiger partial charge >= 0.3 is 0 Å². The summed E-state index contributed by atoms with van der Waals surface area (Å²) in [6.45, 7) is 0. The van der Waals surface area contributed by atoms with Crippen LogP contribution >= 0.6 is 0 Å². The van der Waals surface area contributed by atoms with Crippen LogP contribution in [0.5, 0.6) is 0 Å². The Kier molecular flexibility index (Phi) is 6.28. The zero-order valence-electron chi connectivity index (χ0n) is 26.8. The highest BCUT2D eigenvalue weighted by molar-refractivity contribution is 6.19. The van der Waals surface area contributed by atoms with Crippen LogP contribution in [0.2, 0.25) is 0 Å². The normalized spacial score (nSPS) is 12.0. The van der Waals surface area contributed by atoms with Gasteiger partial charge < -0.3 is 9.32 Å². The lowest BCUT2D eigenvalue weighted by atomic mass is 9.95. The van der Waals surface area contributed by atoms with Crippen LogP contribution in [0.15, 0.2) is 180 Å². The van der Waals surface area contributed by atoms with E-state index in [9.17, 15) is 0 Å². The molecule has 230 valence electrons. The van der Waals surface area contributed by atoms with Crippen molar-refractivity contribution in [2.45, 2.75) is 6.42 Å². The lowest BCUT2D eigenvalue weighted by Crippen LogP contribution is -2.12. The molecule has 0 saturated carbocycles. The molecule has 10 rings (SSSR count). The van der Waals surface area contributed by atoms with Crippen LogP contribution in [0.1, 0.15) is 11.1 Å². The molecule has 0 bridgehead atoms. The molecular weight excluding hydrogens is 595 g/mol. The lowest BCUT2D eigenvalue weighted by molar-refractivity contribution is 0.673. The largest absolute Gasteiger partial charge is 0.455 e. The summed E-state index contributed by atoms with van der Waals surface area (Å²) in [6.07, 6.45) is 0.933. The number of fused-ring (bicyclic) bond motifs is 8. The number of para-hydroxylation sites is 1. The number of furan rings is 1. The third-order valence-electron chi connectivity index (χ3n) is 10.1. The highest BCUT2D eigenvalue weighted by atomic mass is 16.3. The smallest absolute Gasteiger partial charge is 0.143 e. The van der Waals surface area contributed by atoms with Gasteiger partial charge in [-0.2, -0.15) is 0 Å². The molecule has 8 aromatic carbocycles. The van der Waals surface area contributed by atoms with Gasteiger partial charge in [-0.25, -0.2) is 0 Å². The maximum Gasteiger partial charge on any atom is 0.143 e. The van der Waals surface area contributed by atoms with E-state index in [1.807, 2.05) is 0 Å². The molecule has 0 atom stereocenters. The molecule has 0 saturated heterocycles. The first-order valence-corrected chi connectivity index (χ1v) is 16.9. The average Bonchev–Trinajstić information content (AvgIpc) is 3.74. The first-order valence-electron chi connectivity index (χ1n) is 16.9. The van der Waals surface area contributed by atoms with E-state index in [-0.39, 0.29) is 0 Å². The molecule has 1 aliphatic carbocycles. The summed E-state index contributed by atoms with van der Waals surface area (Å²) >= 11 is 0. The Hall–Kier alpha value is -6.38. The molecule has 1 aromatic heterocycles. The molecule has 2 nitrogen and oxygen atoms in total. The predicted molar refractivity (Wildman–Crippen MR) is 205 cm³/mol. The number of nitrogens with zero attached hydrogens (tertiary/aromatic N) is 1. The van der Waals surface area contributed by atoms with E-state index >= 15 is 0 Å². The Morgan fingerprint density at radius 1 is 0.408 bits per heavy atom. The molecule has 2 heteroatoms. The topological polar surface area (TPSA) is 16.4 Å². The average molecular weight is 626 g/mol. The minimum Gasteiger partial charge on any atom is -0.455 e. The zero-order chi connectivity index (χ0) is 32.3. The summed E-state index contributed by atoms with van der Waals surface area (Å²) in [4.78, 5) is 2.40. The van der Waals surface area contributed by atoms with Gasteiger partial charge in [-0.3, -0.25) is 0 Å². The van der Waals surface area contributed by atoms with Crippen LogP contribution in [0.25, 0.3) is 66.1 Å². The van der Waals surface area contributed by atoms with E-state index in [0.717, 1.165) is 56.2 Å². The number of hydrogen-bond donors (Lipinski definition) is 0. The van der Waals surface area contributed by atoms with E-state index in [4.69, 9.17) is 4.42 Å². The van der Waals surface area contributed by atoms with Crippen LogP contribution in [0, 0.1) is 0 Å². The molecule has 0 spiro atoms. The monoisotopic (exact) mass is 625 g/mol. The van der Waals surface area contributed by atoms with Crippen LogP contribution in [-0.2, 0) is 6.42 Å². The zero-order valence-corrected chi connectivity index (χ0v) is 26.8. The van der Waals surface area contributed by atoms with E-state index < -0.39 is 0 Å². The fourth-order valence-electron chi connectivity index (χ4n) is 7.79. The summed E-state index contributed by atoms with van der Waals surface area (Å²) in [6, 6.07) is 63.3. The van der Waals surface area contributed by atoms with Crippen molar-refractivity contribution in [3.8, 4) is 33.4 Å². The second kappa shape index (κ2) is 11.1. The molecule has 0 fully saturated rings. The quantitative estimate of drug-likeness (QED) is 0.189. The maximum absolute atomic E-state index is 6.66. The van der Waals surface area contributed by atoms with Gasteiger partial charge in [0.05, 0.1) is 5.69 Å². The van der Waals surface area contributed by atoms with Crippen molar-refractivity contribution in [1.82, 2.24) is 0 Å². The van der Waals surface area contributed by atoms with Gasteiger partial charge in [-0.05, 0) is 98.4 Å². The predicted octanol–water partition coefficient (Wildman–Crippen LogP) is 13.1. The van der Waals surface area contributed by atoms with Crippen LogP contribution < -0.4 is 4.90 Å². The van der Waals surface area contributed by atoms with Crippen molar-refractivity contribution in [1.29, 1.82) is 0 Å². The Morgan fingerprint density at radius 3 is 1.92 bits per heavy atom. The SMILES string of the molecule is c1ccc(-c2cc3c4ccc(-c5ccc(N(c6ccccc6)c6cccc7c6Cc6ccccc6-7)cc5)cc4oc3c3ccccc23)cc1. The van der Waals surface area contributed by atoms with E-state index in [1.54, 1.807) is 0 Å². The van der Waals surface area contributed by atoms with Crippen molar-refractivity contribution < 1.29 is 4.42 Å². The third kappa shape index (κ3) is 4.49. The summed E-state index contributed by atoms with van der Waals surface area (Å²) in [5, 5.41) is 4.61. The summed E-state index contributed by atoms with van der Waals surface area (Å²) in [5.74, 6) is 0. The first-order chi connectivity index (χ1) is 24.3. The van der Waals surface area contributed by atoms with E-state index in [0.29, 0.717) is 0 Å². The lowest BCUT2D eigenvalue weighted by Gasteiger charge is -2.28. The van der Waals surface area contributed by atoms with Crippen molar-refractivity contribution in [3.05, 3.63) is 187 Å². The third-order valence-corrected chi connectivity index (χ3v) is 10.1. The van der Waals surface area contributed by atoms with Gasteiger partial charge in [0, 0.05) is 34.0 Å². The first kappa shape index (κ1) is 27.7. The number of benzene rings is 8. The van der Waals surface area contributed by atoms with Crippen LogP contribution in [0.3, 0.4) is 0 Å². The summed E-state index contributed by atoms with van der Waals surface area (Å²) in [5.41, 5.74) is 15.5. The van der Waals surface area contributed by atoms with Gasteiger partial charge in [0.1, 0.15) is 11.2 Å². The van der Waals surface area contributed by atoms with Crippen molar-refractivity contribution in [2.24, 2.45) is 0 Å². The number of rotatable bonds is 5. The van der Waals surface area contributed by atoms with Crippen molar-refractivity contribution in [3.63, 3.8) is 0 Å². The molecule has 0 radical (unpaired) electrons. The fourth-order valence-corrected chi connectivity index (χ4v) is 7.79. The fraction of sp³-hybridized carbons (Fsp3) is 0.0213. The highest BCUT2D eigenvalue weighted by Crippen LogP contribution is 2.46. The standard InChI is InChI=1S/C47H31NO/c1-3-12-32(13-4-1)42-30-44-40-27-24-33(29-46(40)49-47(44)41-19-10-9-18-39(41)42)31-22-25-36(26-23-31)48(35-15-5-2-6-16-35)45-21-11-20-38-37-17-8-7-14-34(37)28-43(38)45/h1-27,29-30H,28H2. The van der Waals surface area contributed by atoms with Crippen molar-refractivity contribution in [2.75, 3.05) is 4.90 Å². The van der Waals surface area contributed by atoms with Crippen LogP contribution in [-0.4, -0.2) is 0 Å². The van der Waals surface area contributed by atoms with Gasteiger partial charge in [0.15, 0.2) is 0 Å². The van der Waals surface area contributed by atoms with Gasteiger partial charge in [-0.15, -0.1) is 0 Å². The van der Waals surface area contributed by atoms with Gasteiger partial charge in [-0.1, -0.05) is 127 Å². The molecule has 1 heterocycles. The van der Waals surface area contributed by atoms with Gasteiger partial charge in [0.25, 0.3) is 0 Å². The molecular formula is C47H31NO. The van der Waals surface area contributed by atoms with E-state index in [2.05, 4.69) is 181 Å². The molecule has 0 aliphatic heterocycles. The Morgan fingerprint density at radius 2 is 1.08 bits per heavy atom.